The lowest BCUT2D eigenvalue weighted by Crippen LogP contribution is -2.31. The Labute approximate surface area is 165 Å². The first-order chi connectivity index (χ1) is 13.7. The fraction of sp³-hybridized carbons (Fsp3) is 0.217. The Balaban J connectivity index is 1.46. The minimum atomic E-state index is -0.119. The van der Waals surface area contributed by atoms with Crippen LogP contribution < -0.4 is 15.0 Å². The monoisotopic (exact) mass is 373 g/mol. The molecular formula is C23H23N3O2. The number of pyridine rings is 1. The molecule has 0 saturated heterocycles. The predicted octanol–water partition coefficient (Wildman–Crippen LogP) is 3.58. The van der Waals surface area contributed by atoms with Crippen molar-refractivity contribution in [1.82, 2.24) is 10.3 Å². The third-order valence-electron chi connectivity index (χ3n) is 5.09. The SMILES string of the molecule is COc1ccccc1CNC(=O)c1ccnc(N2CCc3ccccc3C2)c1. The molecule has 142 valence electrons. The first-order valence-electron chi connectivity index (χ1n) is 9.42. The standard InChI is InChI=1S/C23H23N3O2/c1-28-21-9-5-4-7-19(21)15-25-23(27)18-10-12-24-22(14-18)26-13-11-17-6-2-3-8-20(17)16-26/h2-10,12,14H,11,13,15-16H2,1H3,(H,25,27). The van der Waals surface area contributed by atoms with Gasteiger partial charge in [-0.15, -0.1) is 0 Å². The van der Waals surface area contributed by atoms with Gasteiger partial charge in [0.2, 0.25) is 0 Å². The van der Waals surface area contributed by atoms with Crippen LogP contribution in [0.2, 0.25) is 0 Å². The number of nitrogens with one attached hydrogen (secondary N) is 1. The summed E-state index contributed by atoms with van der Waals surface area (Å²) in [5.74, 6) is 1.48. The van der Waals surface area contributed by atoms with E-state index in [4.69, 9.17) is 4.74 Å². The summed E-state index contributed by atoms with van der Waals surface area (Å²) in [5.41, 5.74) is 4.27. The van der Waals surface area contributed by atoms with E-state index in [0.717, 1.165) is 36.6 Å². The number of hydrogen-bond donors (Lipinski definition) is 1. The molecule has 5 nitrogen and oxygen atoms in total. The summed E-state index contributed by atoms with van der Waals surface area (Å²) in [6, 6.07) is 19.8. The average molecular weight is 373 g/mol. The second-order valence-corrected chi connectivity index (χ2v) is 6.84. The normalized spacial score (nSPS) is 13.0. The van der Waals surface area contributed by atoms with Crippen molar-refractivity contribution in [2.24, 2.45) is 0 Å². The van der Waals surface area contributed by atoms with Crippen molar-refractivity contribution >= 4 is 11.7 Å². The fourth-order valence-electron chi connectivity index (χ4n) is 3.55. The third-order valence-corrected chi connectivity index (χ3v) is 5.09. The summed E-state index contributed by atoms with van der Waals surface area (Å²) in [5, 5.41) is 2.97. The molecule has 2 aromatic carbocycles. The number of hydrogen-bond acceptors (Lipinski definition) is 4. The van der Waals surface area contributed by atoms with Gasteiger partial charge in [-0.2, -0.15) is 0 Å². The lowest BCUT2D eigenvalue weighted by atomic mass is 10.00. The van der Waals surface area contributed by atoms with E-state index >= 15 is 0 Å². The van der Waals surface area contributed by atoms with Crippen LogP contribution in [0.15, 0.2) is 66.9 Å². The Morgan fingerprint density at radius 3 is 2.75 bits per heavy atom. The van der Waals surface area contributed by atoms with Crippen LogP contribution in [-0.4, -0.2) is 24.5 Å². The highest BCUT2D eigenvalue weighted by molar-refractivity contribution is 5.94. The van der Waals surface area contributed by atoms with Gasteiger partial charge in [-0.25, -0.2) is 4.98 Å². The molecule has 0 bridgehead atoms. The maximum absolute atomic E-state index is 12.7. The average Bonchev–Trinajstić information content (AvgIpc) is 2.77. The molecule has 4 rings (SSSR count). The number of nitrogens with zero attached hydrogens (tertiary/aromatic N) is 2. The zero-order valence-electron chi connectivity index (χ0n) is 15.9. The molecule has 0 unspecified atom stereocenters. The van der Waals surface area contributed by atoms with Gasteiger partial charge in [0, 0.05) is 37.0 Å². The number of ether oxygens (including phenoxy) is 1. The number of benzene rings is 2. The molecule has 1 amide bonds. The van der Waals surface area contributed by atoms with Gasteiger partial charge in [0.05, 0.1) is 7.11 Å². The third kappa shape index (κ3) is 3.83. The number of rotatable bonds is 5. The van der Waals surface area contributed by atoms with Gasteiger partial charge in [-0.3, -0.25) is 4.79 Å². The fourth-order valence-corrected chi connectivity index (χ4v) is 3.55. The lowest BCUT2D eigenvalue weighted by Gasteiger charge is -2.29. The highest BCUT2D eigenvalue weighted by Crippen LogP contribution is 2.23. The summed E-state index contributed by atoms with van der Waals surface area (Å²) in [6.45, 7) is 2.13. The summed E-state index contributed by atoms with van der Waals surface area (Å²) in [6.07, 6.45) is 2.69. The van der Waals surface area contributed by atoms with Crippen molar-refractivity contribution in [3.63, 3.8) is 0 Å². The molecule has 1 aliphatic rings. The van der Waals surface area contributed by atoms with E-state index in [1.165, 1.54) is 11.1 Å². The second-order valence-electron chi connectivity index (χ2n) is 6.84. The largest absolute Gasteiger partial charge is 0.496 e. The van der Waals surface area contributed by atoms with Crippen molar-refractivity contribution in [1.29, 1.82) is 0 Å². The first kappa shape index (κ1) is 18.0. The van der Waals surface area contributed by atoms with Crippen LogP contribution in [-0.2, 0) is 19.5 Å². The van der Waals surface area contributed by atoms with E-state index in [2.05, 4.69) is 39.5 Å². The van der Waals surface area contributed by atoms with Gasteiger partial charge in [0.25, 0.3) is 5.91 Å². The highest BCUT2D eigenvalue weighted by Gasteiger charge is 2.18. The molecule has 0 saturated carbocycles. The summed E-state index contributed by atoms with van der Waals surface area (Å²) < 4.78 is 5.34. The van der Waals surface area contributed by atoms with Crippen molar-refractivity contribution in [2.45, 2.75) is 19.5 Å². The maximum Gasteiger partial charge on any atom is 0.251 e. The number of anilines is 1. The van der Waals surface area contributed by atoms with Gasteiger partial charge in [-0.1, -0.05) is 42.5 Å². The zero-order chi connectivity index (χ0) is 19.3. The Morgan fingerprint density at radius 2 is 1.89 bits per heavy atom. The van der Waals surface area contributed by atoms with Crippen LogP contribution in [0.1, 0.15) is 27.0 Å². The van der Waals surface area contributed by atoms with Crippen molar-refractivity contribution in [3.05, 3.63) is 89.1 Å². The predicted molar refractivity (Wildman–Crippen MR) is 110 cm³/mol. The van der Waals surface area contributed by atoms with Gasteiger partial charge in [0.15, 0.2) is 0 Å². The molecule has 1 aromatic heterocycles. The molecule has 0 radical (unpaired) electrons. The minimum absolute atomic E-state index is 0.119. The van der Waals surface area contributed by atoms with Crippen molar-refractivity contribution in [2.75, 3.05) is 18.6 Å². The molecule has 2 heterocycles. The molecule has 0 aliphatic carbocycles. The summed E-state index contributed by atoms with van der Waals surface area (Å²) in [4.78, 5) is 19.4. The number of para-hydroxylation sites is 1. The molecule has 0 fully saturated rings. The van der Waals surface area contributed by atoms with Gasteiger partial charge in [0.1, 0.15) is 11.6 Å². The van der Waals surface area contributed by atoms with E-state index < -0.39 is 0 Å². The van der Waals surface area contributed by atoms with Crippen LogP contribution in [0.3, 0.4) is 0 Å². The molecule has 28 heavy (non-hydrogen) atoms. The quantitative estimate of drug-likeness (QED) is 0.743. The molecule has 3 aromatic rings. The van der Waals surface area contributed by atoms with Crippen LogP contribution in [0, 0.1) is 0 Å². The van der Waals surface area contributed by atoms with Crippen LogP contribution in [0.5, 0.6) is 5.75 Å². The maximum atomic E-state index is 12.7. The topological polar surface area (TPSA) is 54.5 Å². The van der Waals surface area contributed by atoms with E-state index in [1.54, 1.807) is 19.4 Å². The highest BCUT2D eigenvalue weighted by atomic mass is 16.5. The van der Waals surface area contributed by atoms with E-state index in [1.807, 2.05) is 30.3 Å². The van der Waals surface area contributed by atoms with E-state index in [0.29, 0.717) is 12.1 Å². The molecule has 0 atom stereocenters. The Hall–Kier alpha value is -3.34. The molecule has 0 spiro atoms. The zero-order valence-corrected chi connectivity index (χ0v) is 15.9. The lowest BCUT2D eigenvalue weighted by molar-refractivity contribution is 0.0950. The van der Waals surface area contributed by atoms with Crippen LogP contribution in [0.25, 0.3) is 0 Å². The van der Waals surface area contributed by atoms with Gasteiger partial charge in [-0.05, 0) is 35.7 Å². The van der Waals surface area contributed by atoms with Gasteiger partial charge < -0.3 is 15.0 Å². The molecule has 1 N–H and O–H groups in total. The van der Waals surface area contributed by atoms with Crippen molar-refractivity contribution in [3.8, 4) is 5.75 Å². The Bertz CT molecular complexity index is 987. The van der Waals surface area contributed by atoms with Crippen LogP contribution in [0.4, 0.5) is 5.82 Å². The van der Waals surface area contributed by atoms with Crippen molar-refractivity contribution < 1.29 is 9.53 Å². The minimum Gasteiger partial charge on any atom is -0.496 e. The summed E-state index contributed by atoms with van der Waals surface area (Å²) >= 11 is 0. The van der Waals surface area contributed by atoms with E-state index in [-0.39, 0.29) is 5.91 Å². The molecular weight excluding hydrogens is 350 g/mol. The number of methoxy groups -OCH3 is 1. The van der Waals surface area contributed by atoms with Gasteiger partial charge >= 0.3 is 0 Å². The number of carbonyl (C=O) groups excluding carboxylic acids is 1. The Morgan fingerprint density at radius 1 is 1.11 bits per heavy atom. The molecule has 5 heteroatoms. The number of carbonyl (C=O) groups is 1. The Kier molecular flexibility index (Phi) is 5.24. The summed E-state index contributed by atoms with van der Waals surface area (Å²) in [7, 11) is 1.63. The molecule has 1 aliphatic heterocycles. The smallest absolute Gasteiger partial charge is 0.251 e. The van der Waals surface area contributed by atoms with Crippen LogP contribution >= 0.6 is 0 Å². The second kappa shape index (κ2) is 8.13. The number of aromatic nitrogens is 1. The van der Waals surface area contributed by atoms with E-state index in [9.17, 15) is 4.79 Å². The first-order valence-corrected chi connectivity index (χ1v) is 9.42. The number of fused-ring (bicyclic) bond motifs is 1. The number of amides is 1.